The van der Waals surface area contributed by atoms with Gasteiger partial charge >= 0.3 is 12.0 Å². The first-order chi connectivity index (χ1) is 13.4. The Hall–Kier alpha value is -2.90. The molecule has 4 amide bonds. The van der Waals surface area contributed by atoms with Crippen LogP contribution in [0.4, 0.5) is 4.79 Å². The Morgan fingerprint density at radius 3 is 2.71 bits per heavy atom. The Bertz CT molecular complexity index is 766. The van der Waals surface area contributed by atoms with Gasteiger partial charge in [0.05, 0.1) is 0 Å². The minimum Gasteiger partial charge on any atom is -0.454 e. The molecule has 3 rings (SSSR count). The second-order valence-electron chi connectivity index (χ2n) is 7.36. The average Bonchev–Trinajstić information content (AvgIpc) is 2.93. The monoisotopic (exact) mass is 387 g/mol. The molecule has 8 heteroatoms. The van der Waals surface area contributed by atoms with E-state index in [1.54, 1.807) is 0 Å². The van der Waals surface area contributed by atoms with Gasteiger partial charge in [-0.15, -0.1) is 0 Å². The van der Waals surface area contributed by atoms with Crippen molar-refractivity contribution in [1.82, 2.24) is 15.5 Å². The molecule has 1 spiro atoms. The lowest BCUT2D eigenvalue weighted by molar-refractivity contribution is -0.151. The summed E-state index contributed by atoms with van der Waals surface area (Å²) in [6, 6.07) is 8.75. The molecule has 1 heterocycles. The quantitative estimate of drug-likeness (QED) is 0.566. The van der Waals surface area contributed by atoms with Gasteiger partial charge in [0, 0.05) is 6.54 Å². The third-order valence-electron chi connectivity index (χ3n) is 5.49. The summed E-state index contributed by atoms with van der Waals surface area (Å²) in [5, 5.41) is 5.42. The van der Waals surface area contributed by atoms with Crippen molar-refractivity contribution in [2.24, 2.45) is 5.92 Å². The number of hydrogen-bond acceptors (Lipinski definition) is 5. The van der Waals surface area contributed by atoms with Crippen molar-refractivity contribution >= 4 is 23.8 Å². The number of hydrogen-bond donors (Lipinski definition) is 2. The summed E-state index contributed by atoms with van der Waals surface area (Å²) in [6.07, 6.45) is 3.31. The molecule has 0 bridgehead atoms. The summed E-state index contributed by atoms with van der Waals surface area (Å²) in [5.41, 5.74) is 0.0104. The van der Waals surface area contributed by atoms with Crippen LogP contribution in [0, 0.1) is 5.92 Å². The second kappa shape index (κ2) is 8.41. The maximum absolute atomic E-state index is 12.8. The lowest BCUT2D eigenvalue weighted by Crippen LogP contribution is -2.54. The van der Waals surface area contributed by atoms with E-state index >= 15 is 0 Å². The zero-order chi connectivity index (χ0) is 20.1. The zero-order valence-corrected chi connectivity index (χ0v) is 15.9. The van der Waals surface area contributed by atoms with E-state index < -0.39 is 36.6 Å². The predicted octanol–water partition coefficient (Wildman–Crippen LogP) is 1.35. The van der Waals surface area contributed by atoms with Crippen molar-refractivity contribution in [1.29, 1.82) is 0 Å². The molecule has 2 N–H and O–H groups in total. The van der Waals surface area contributed by atoms with Crippen molar-refractivity contribution in [3.8, 4) is 0 Å². The number of carbonyl (C=O) groups excluding carboxylic acids is 4. The Morgan fingerprint density at radius 2 is 2.00 bits per heavy atom. The topological polar surface area (TPSA) is 105 Å². The van der Waals surface area contributed by atoms with E-state index in [0.29, 0.717) is 13.0 Å². The molecule has 2 aliphatic rings. The molecule has 150 valence electrons. The SMILES string of the molecule is C[C@@H]1CCCC[C@]12NC(=O)N(CC(=O)OCC(=O)NCc1ccccc1)C2=O. The zero-order valence-electron chi connectivity index (χ0n) is 15.9. The van der Waals surface area contributed by atoms with Crippen molar-refractivity contribution in [3.05, 3.63) is 35.9 Å². The van der Waals surface area contributed by atoms with Crippen LogP contribution >= 0.6 is 0 Å². The van der Waals surface area contributed by atoms with Gasteiger partial charge in [-0.2, -0.15) is 0 Å². The predicted molar refractivity (Wildman–Crippen MR) is 99.9 cm³/mol. The summed E-state index contributed by atoms with van der Waals surface area (Å²) in [6.45, 7) is 1.31. The summed E-state index contributed by atoms with van der Waals surface area (Å²) < 4.78 is 4.93. The van der Waals surface area contributed by atoms with Crippen LogP contribution in [0.25, 0.3) is 0 Å². The summed E-state index contributed by atoms with van der Waals surface area (Å²) in [5.74, 6) is -1.61. The van der Waals surface area contributed by atoms with Crippen LogP contribution in [0.15, 0.2) is 30.3 Å². The van der Waals surface area contributed by atoms with Gasteiger partial charge in [-0.1, -0.05) is 50.1 Å². The van der Waals surface area contributed by atoms with Crippen LogP contribution in [-0.2, 0) is 25.7 Å². The fourth-order valence-electron chi connectivity index (χ4n) is 3.81. The lowest BCUT2D eigenvalue weighted by atomic mass is 9.73. The molecule has 1 aromatic rings. The molecule has 28 heavy (non-hydrogen) atoms. The molecule has 1 saturated heterocycles. The number of urea groups is 1. The maximum atomic E-state index is 12.8. The third kappa shape index (κ3) is 4.16. The molecule has 2 fully saturated rings. The second-order valence-corrected chi connectivity index (χ2v) is 7.36. The first-order valence-corrected chi connectivity index (χ1v) is 9.53. The molecule has 1 saturated carbocycles. The highest BCUT2D eigenvalue weighted by Gasteiger charge is 2.55. The Labute approximate surface area is 163 Å². The smallest absolute Gasteiger partial charge is 0.326 e. The van der Waals surface area contributed by atoms with Gasteiger partial charge in [0.25, 0.3) is 11.8 Å². The minimum atomic E-state index is -0.914. The first kappa shape index (κ1) is 19.9. The van der Waals surface area contributed by atoms with Gasteiger partial charge in [0.2, 0.25) is 0 Å². The fraction of sp³-hybridized carbons (Fsp3) is 0.500. The van der Waals surface area contributed by atoms with Crippen molar-refractivity contribution in [3.63, 3.8) is 0 Å². The fourth-order valence-corrected chi connectivity index (χ4v) is 3.81. The van der Waals surface area contributed by atoms with Crippen LogP contribution < -0.4 is 10.6 Å². The number of benzene rings is 1. The Kier molecular flexibility index (Phi) is 5.96. The standard InChI is InChI=1S/C20H25N3O5/c1-14-7-5-6-10-20(14)18(26)23(19(27)22-20)12-17(25)28-13-16(24)21-11-15-8-3-2-4-9-15/h2-4,8-9,14H,5-7,10-13H2,1H3,(H,21,24)(H,22,27)/t14-,20+/m1/s1. The molecular weight excluding hydrogens is 362 g/mol. The van der Waals surface area contributed by atoms with Crippen molar-refractivity contribution < 1.29 is 23.9 Å². The van der Waals surface area contributed by atoms with E-state index in [1.165, 1.54) is 0 Å². The van der Waals surface area contributed by atoms with Gasteiger partial charge in [-0.05, 0) is 24.3 Å². The molecule has 1 aliphatic carbocycles. The van der Waals surface area contributed by atoms with Crippen LogP contribution in [-0.4, -0.2) is 47.4 Å². The molecule has 1 aliphatic heterocycles. The van der Waals surface area contributed by atoms with Gasteiger partial charge in [-0.3, -0.25) is 19.3 Å². The number of ether oxygens (including phenoxy) is 1. The molecule has 1 aromatic carbocycles. The molecular formula is C20H25N3O5. The number of rotatable bonds is 6. The van der Waals surface area contributed by atoms with Crippen LogP contribution in [0.2, 0.25) is 0 Å². The Morgan fingerprint density at radius 1 is 1.25 bits per heavy atom. The normalized spacial score (nSPS) is 24.2. The third-order valence-corrected chi connectivity index (χ3v) is 5.49. The largest absolute Gasteiger partial charge is 0.454 e. The first-order valence-electron chi connectivity index (χ1n) is 9.53. The van der Waals surface area contributed by atoms with E-state index in [9.17, 15) is 19.2 Å². The molecule has 2 atom stereocenters. The maximum Gasteiger partial charge on any atom is 0.326 e. The van der Waals surface area contributed by atoms with E-state index in [2.05, 4.69) is 10.6 Å². The lowest BCUT2D eigenvalue weighted by Gasteiger charge is -2.36. The molecule has 8 nitrogen and oxygen atoms in total. The van der Waals surface area contributed by atoms with E-state index in [-0.39, 0.29) is 11.8 Å². The summed E-state index contributed by atoms with van der Waals surface area (Å²) >= 11 is 0. The number of esters is 1. The van der Waals surface area contributed by atoms with Gasteiger partial charge < -0.3 is 15.4 Å². The number of imide groups is 1. The minimum absolute atomic E-state index is 0.0162. The van der Waals surface area contributed by atoms with E-state index in [1.807, 2.05) is 37.3 Å². The van der Waals surface area contributed by atoms with Crippen LogP contribution in [0.1, 0.15) is 38.2 Å². The number of nitrogens with one attached hydrogen (secondary N) is 2. The average molecular weight is 387 g/mol. The number of amides is 4. The van der Waals surface area contributed by atoms with Crippen LogP contribution in [0.5, 0.6) is 0 Å². The summed E-state index contributed by atoms with van der Waals surface area (Å²) in [7, 11) is 0. The summed E-state index contributed by atoms with van der Waals surface area (Å²) in [4.78, 5) is 49.8. The van der Waals surface area contributed by atoms with Gasteiger partial charge in [-0.25, -0.2) is 4.79 Å². The molecule has 0 radical (unpaired) electrons. The van der Waals surface area contributed by atoms with Crippen molar-refractivity contribution in [2.45, 2.75) is 44.7 Å². The number of nitrogens with zero attached hydrogens (tertiary/aromatic N) is 1. The highest BCUT2D eigenvalue weighted by Crippen LogP contribution is 2.38. The van der Waals surface area contributed by atoms with Crippen LogP contribution in [0.3, 0.4) is 0 Å². The number of carbonyl (C=O) groups is 4. The van der Waals surface area contributed by atoms with Gasteiger partial charge in [0.1, 0.15) is 12.1 Å². The molecule has 0 unspecified atom stereocenters. The van der Waals surface area contributed by atoms with E-state index in [4.69, 9.17) is 4.74 Å². The highest BCUT2D eigenvalue weighted by molar-refractivity contribution is 6.09. The van der Waals surface area contributed by atoms with Crippen molar-refractivity contribution in [2.75, 3.05) is 13.2 Å². The van der Waals surface area contributed by atoms with Gasteiger partial charge in [0.15, 0.2) is 6.61 Å². The van der Waals surface area contributed by atoms with E-state index in [0.717, 1.165) is 29.7 Å². The molecule has 0 aromatic heterocycles. The Balaban J connectivity index is 1.47. The highest BCUT2D eigenvalue weighted by atomic mass is 16.5.